The highest BCUT2D eigenvalue weighted by Crippen LogP contribution is 2.40. The molecule has 0 aliphatic carbocycles. The molecule has 0 aliphatic rings. The van der Waals surface area contributed by atoms with Crippen molar-refractivity contribution in [1.82, 2.24) is 9.97 Å². The maximum Gasteiger partial charge on any atom is 0.417 e. The molecule has 3 N–H and O–H groups in total. The van der Waals surface area contributed by atoms with Crippen molar-refractivity contribution in [3.8, 4) is 17.5 Å². The van der Waals surface area contributed by atoms with Crippen LogP contribution in [0, 0.1) is 12.7 Å². The highest BCUT2D eigenvalue weighted by Gasteiger charge is 2.35. The fraction of sp³-hybridized carbons (Fsp3) is 0.227. The number of alkyl halides is 3. The van der Waals surface area contributed by atoms with Gasteiger partial charge in [0.25, 0.3) is 5.91 Å². The number of aromatic nitrogens is 2. The molecule has 1 amide bonds. The minimum absolute atomic E-state index is 0.0241. The van der Waals surface area contributed by atoms with Crippen LogP contribution in [0.1, 0.15) is 21.5 Å². The Balaban J connectivity index is 1.94. The number of carbonyl (C=O) groups excluding carboxylic acids is 1. The van der Waals surface area contributed by atoms with Crippen LogP contribution in [0.2, 0.25) is 5.02 Å². The van der Waals surface area contributed by atoms with E-state index in [0.717, 1.165) is 18.2 Å². The number of carbonyl (C=O) groups is 1. The predicted octanol–water partition coefficient (Wildman–Crippen LogP) is 4.37. The second-order valence-electron chi connectivity index (χ2n) is 7.16. The molecule has 0 saturated carbocycles. The molecule has 0 aliphatic heterocycles. The Morgan fingerprint density at radius 1 is 1.20 bits per heavy atom. The van der Waals surface area contributed by atoms with E-state index < -0.39 is 46.9 Å². The Morgan fingerprint density at radius 3 is 2.60 bits per heavy atom. The molecule has 186 valence electrons. The third kappa shape index (κ3) is 6.78. The van der Waals surface area contributed by atoms with Crippen LogP contribution < -0.4 is 14.8 Å². The molecule has 8 nitrogen and oxygen atoms in total. The van der Waals surface area contributed by atoms with E-state index in [-0.39, 0.29) is 35.3 Å². The first-order chi connectivity index (χ1) is 16.5. The van der Waals surface area contributed by atoms with Crippen LogP contribution >= 0.6 is 11.6 Å². The van der Waals surface area contributed by atoms with E-state index in [1.807, 2.05) is 0 Å². The van der Waals surface area contributed by atoms with Gasteiger partial charge in [0.2, 0.25) is 0 Å². The summed E-state index contributed by atoms with van der Waals surface area (Å²) in [5.41, 5.74) is -1.31. The number of aliphatic hydroxyl groups is 2. The lowest BCUT2D eigenvalue weighted by Crippen LogP contribution is -2.22. The monoisotopic (exact) mass is 515 g/mol. The van der Waals surface area contributed by atoms with Crippen LogP contribution in [0.5, 0.6) is 17.5 Å². The molecule has 0 saturated heterocycles. The lowest BCUT2D eigenvalue weighted by atomic mass is 10.1. The number of benzene rings is 2. The Kier molecular flexibility index (Phi) is 8.10. The van der Waals surface area contributed by atoms with Gasteiger partial charge in [0.1, 0.15) is 35.8 Å². The summed E-state index contributed by atoms with van der Waals surface area (Å²) in [5.74, 6) is -2.04. The fourth-order valence-corrected chi connectivity index (χ4v) is 3.04. The third-order valence-corrected chi connectivity index (χ3v) is 4.78. The van der Waals surface area contributed by atoms with Gasteiger partial charge in [-0.25, -0.2) is 9.37 Å². The standard InChI is InChI=1S/C22H18ClF4N3O5/c1-11-6-12(24)2-3-17(11)35-18-8-15(22(25,26)27)16(23)7-14(18)20(33)29-19-4-5-28-21(30-19)34-10-13(32)9-31/h2-8,13,31-32H,9-10H2,1H3,(H,28,29,30,33)/t13-/m1/s1. The zero-order valence-corrected chi connectivity index (χ0v) is 18.7. The molecule has 0 spiro atoms. The van der Waals surface area contributed by atoms with Crippen molar-refractivity contribution in [3.05, 3.63) is 70.1 Å². The summed E-state index contributed by atoms with van der Waals surface area (Å²) in [4.78, 5) is 20.6. The number of halogens is 5. The molecule has 3 aromatic rings. The smallest absolute Gasteiger partial charge is 0.417 e. The first kappa shape index (κ1) is 26.1. The van der Waals surface area contributed by atoms with Crippen molar-refractivity contribution in [2.45, 2.75) is 19.2 Å². The molecule has 0 fully saturated rings. The van der Waals surface area contributed by atoms with Crippen LogP contribution in [0.15, 0.2) is 42.6 Å². The maximum atomic E-state index is 13.4. The summed E-state index contributed by atoms with van der Waals surface area (Å²) in [5, 5.41) is 19.8. The normalized spacial score (nSPS) is 12.2. The number of hydrogen-bond donors (Lipinski definition) is 3. The van der Waals surface area contributed by atoms with E-state index in [1.54, 1.807) is 0 Å². The van der Waals surface area contributed by atoms with Crippen LogP contribution in [-0.4, -0.2) is 45.4 Å². The van der Waals surface area contributed by atoms with Crippen molar-refractivity contribution >= 4 is 23.3 Å². The highest BCUT2D eigenvalue weighted by atomic mass is 35.5. The van der Waals surface area contributed by atoms with Gasteiger partial charge in [-0.2, -0.15) is 18.2 Å². The lowest BCUT2D eigenvalue weighted by Gasteiger charge is -2.17. The van der Waals surface area contributed by atoms with Crippen molar-refractivity contribution in [2.24, 2.45) is 0 Å². The third-order valence-electron chi connectivity index (χ3n) is 4.47. The van der Waals surface area contributed by atoms with Gasteiger partial charge < -0.3 is 25.0 Å². The van der Waals surface area contributed by atoms with Crippen molar-refractivity contribution in [2.75, 3.05) is 18.5 Å². The molecule has 1 aromatic heterocycles. The van der Waals surface area contributed by atoms with Crippen LogP contribution in [0.3, 0.4) is 0 Å². The van der Waals surface area contributed by atoms with Gasteiger partial charge in [-0.05, 0) is 48.9 Å². The first-order valence-corrected chi connectivity index (χ1v) is 10.3. The molecule has 3 rings (SSSR count). The molecule has 35 heavy (non-hydrogen) atoms. The Morgan fingerprint density at radius 2 is 1.94 bits per heavy atom. The van der Waals surface area contributed by atoms with E-state index in [1.165, 1.54) is 25.3 Å². The second kappa shape index (κ2) is 10.8. The second-order valence-corrected chi connectivity index (χ2v) is 7.57. The number of rotatable bonds is 8. The largest absolute Gasteiger partial charge is 0.461 e. The SMILES string of the molecule is Cc1cc(F)ccc1Oc1cc(C(F)(F)F)c(Cl)cc1C(=O)Nc1ccnc(OC[C@H](O)CO)n1. The minimum Gasteiger partial charge on any atom is -0.461 e. The van der Waals surface area contributed by atoms with E-state index in [4.69, 9.17) is 26.2 Å². The van der Waals surface area contributed by atoms with E-state index in [9.17, 15) is 27.5 Å². The lowest BCUT2D eigenvalue weighted by molar-refractivity contribution is -0.137. The minimum atomic E-state index is -4.83. The number of nitrogens with one attached hydrogen (secondary N) is 1. The summed E-state index contributed by atoms with van der Waals surface area (Å²) in [6, 6.07) is 5.80. The Labute approximate surface area is 201 Å². The highest BCUT2D eigenvalue weighted by molar-refractivity contribution is 6.32. The fourth-order valence-electron chi connectivity index (χ4n) is 2.77. The molecule has 0 unspecified atom stereocenters. The molecular formula is C22H18ClF4N3O5. The summed E-state index contributed by atoms with van der Waals surface area (Å²) in [6.45, 7) is 0.605. The number of hydrogen-bond acceptors (Lipinski definition) is 7. The van der Waals surface area contributed by atoms with Crippen molar-refractivity contribution in [3.63, 3.8) is 0 Å². The average molecular weight is 516 g/mol. The predicted molar refractivity (Wildman–Crippen MR) is 116 cm³/mol. The quantitative estimate of drug-likeness (QED) is 0.382. The molecule has 1 atom stereocenters. The number of aryl methyl sites for hydroxylation is 1. The zero-order chi connectivity index (χ0) is 25.8. The number of anilines is 1. The molecule has 0 radical (unpaired) electrons. The summed E-state index contributed by atoms with van der Waals surface area (Å²) < 4.78 is 64.4. The molecule has 0 bridgehead atoms. The Bertz CT molecular complexity index is 1230. The van der Waals surface area contributed by atoms with Crippen LogP contribution in [0.25, 0.3) is 0 Å². The van der Waals surface area contributed by atoms with Gasteiger partial charge in [0.05, 0.1) is 22.8 Å². The molecule has 1 heterocycles. The molecular weight excluding hydrogens is 498 g/mol. The summed E-state index contributed by atoms with van der Waals surface area (Å²) in [7, 11) is 0. The van der Waals surface area contributed by atoms with Crippen molar-refractivity contribution < 1.29 is 42.0 Å². The maximum absolute atomic E-state index is 13.4. The summed E-state index contributed by atoms with van der Waals surface area (Å²) in [6.07, 6.45) is -4.79. The van der Waals surface area contributed by atoms with Crippen molar-refractivity contribution in [1.29, 1.82) is 0 Å². The molecule has 2 aromatic carbocycles. The van der Waals surface area contributed by atoms with E-state index in [0.29, 0.717) is 6.07 Å². The number of ether oxygens (including phenoxy) is 2. The van der Waals surface area contributed by atoms with Gasteiger partial charge in [-0.1, -0.05) is 11.6 Å². The van der Waals surface area contributed by atoms with Gasteiger partial charge in [-0.3, -0.25) is 4.79 Å². The van der Waals surface area contributed by atoms with Gasteiger partial charge in [0, 0.05) is 6.20 Å². The van der Waals surface area contributed by atoms with E-state index in [2.05, 4.69) is 15.3 Å². The van der Waals surface area contributed by atoms with Crippen LogP contribution in [-0.2, 0) is 6.18 Å². The summed E-state index contributed by atoms with van der Waals surface area (Å²) >= 11 is 5.80. The zero-order valence-electron chi connectivity index (χ0n) is 17.9. The van der Waals surface area contributed by atoms with Gasteiger partial charge in [0.15, 0.2) is 0 Å². The number of amides is 1. The van der Waals surface area contributed by atoms with Crippen LogP contribution in [0.4, 0.5) is 23.4 Å². The number of nitrogens with zero attached hydrogens (tertiary/aromatic N) is 2. The average Bonchev–Trinajstić information content (AvgIpc) is 2.79. The number of aliphatic hydroxyl groups excluding tert-OH is 2. The molecule has 13 heteroatoms. The Hall–Kier alpha value is -3.48. The van der Waals surface area contributed by atoms with E-state index >= 15 is 0 Å². The first-order valence-electron chi connectivity index (χ1n) is 9.88. The topological polar surface area (TPSA) is 114 Å². The van der Waals surface area contributed by atoms with Gasteiger partial charge in [-0.15, -0.1) is 0 Å². The van der Waals surface area contributed by atoms with Gasteiger partial charge >= 0.3 is 12.2 Å².